The lowest BCUT2D eigenvalue weighted by Gasteiger charge is -2.37. The molecule has 2 N–H and O–H groups in total. The van der Waals surface area contributed by atoms with Crippen LogP contribution in [0.3, 0.4) is 0 Å². The van der Waals surface area contributed by atoms with Crippen molar-refractivity contribution >= 4 is 11.4 Å². The molecule has 1 aromatic carbocycles. The highest BCUT2D eigenvalue weighted by atomic mass is 15.3. The second-order valence-electron chi connectivity index (χ2n) is 4.67. The number of hydrogen-bond donors (Lipinski definition) is 1. The summed E-state index contributed by atoms with van der Waals surface area (Å²) in [6.45, 7) is 5.88. The number of nitrogens with zero attached hydrogens (tertiary/aromatic N) is 3. The largest absolute Gasteiger partial charge is 0.399 e. The normalized spacial score (nSPS) is 18.3. The van der Waals surface area contributed by atoms with Crippen molar-refractivity contribution in [1.29, 1.82) is 5.26 Å². The Balaban J connectivity index is 1.97. The Morgan fingerprint density at radius 1 is 1.33 bits per heavy atom. The number of hydrogen-bond acceptors (Lipinski definition) is 4. The lowest BCUT2D eigenvalue weighted by molar-refractivity contribution is 0.216. The number of anilines is 2. The fourth-order valence-corrected chi connectivity index (χ4v) is 2.44. The van der Waals surface area contributed by atoms with E-state index in [1.807, 2.05) is 18.2 Å². The quantitative estimate of drug-likeness (QED) is 0.822. The first kappa shape index (κ1) is 12.7. The van der Waals surface area contributed by atoms with Crippen molar-refractivity contribution in [3.05, 3.63) is 24.3 Å². The predicted octanol–water partition coefficient (Wildman–Crippen LogP) is 1.69. The van der Waals surface area contributed by atoms with E-state index in [0.717, 1.165) is 38.3 Å². The second kappa shape index (κ2) is 5.74. The van der Waals surface area contributed by atoms with Crippen LogP contribution in [0, 0.1) is 11.3 Å². The zero-order chi connectivity index (χ0) is 13.0. The first-order valence-corrected chi connectivity index (χ1v) is 6.48. The third kappa shape index (κ3) is 2.74. The molecule has 2 rings (SSSR count). The Kier molecular flexibility index (Phi) is 4.06. The monoisotopic (exact) mass is 244 g/mol. The lowest BCUT2D eigenvalue weighted by Crippen LogP contribution is -2.49. The Morgan fingerprint density at radius 2 is 2.06 bits per heavy atom. The molecule has 1 aromatic rings. The molecule has 1 atom stereocenters. The number of piperazine rings is 1. The Labute approximate surface area is 109 Å². The highest BCUT2D eigenvalue weighted by Crippen LogP contribution is 2.20. The third-order valence-electron chi connectivity index (χ3n) is 3.53. The summed E-state index contributed by atoms with van der Waals surface area (Å²) in [5, 5.41) is 9.08. The van der Waals surface area contributed by atoms with Crippen LogP contribution < -0.4 is 10.6 Å². The summed E-state index contributed by atoms with van der Waals surface area (Å²) >= 11 is 0. The van der Waals surface area contributed by atoms with Crippen LogP contribution in [0.4, 0.5) is 11.4 Å². The van der Waals surface area contributed by atoms with Crippen LogP contribution in [0.15, 0.2) is 24.3 Å². The fourth-order valence-electron chi connectivity index (χ4n) is 2.44. The highest BCUT2D eigenvalue weighted by molar-refractivity contribution is 5.56. The molecule has 1 fully saturated rings. The molecule has 0 spiro atoms. The summed E-state index contributed by atoms with van der Waals surface area (Å²) in [5.41, 5.74) is 7.79. The molecule has 96 valence electrons. The van der Waals surface area contributed by atoms with Crippen LogP contribution in [-0.2, 0) is 0 Å². The van der Waals surface area contributed by atoms with Crippen LogP contribution in [-0.4, -0.2) is 37.1 Å². The van der Waals surface area contributed by atoms with Gasteiger partial charge in [0.15, 0.2) is 0 Å². The van der Waals surface area contributed by atoms with Gasteiger partial charge in [-0.2, -0.15) is 5.26 Å². The summed E-state index contributed by atoms with van der Waals surface area (Å²) in [4.78, 5) is 4.60. The van der Waals surface area contributed by atoms with Gasteiger partial charge in [0, 0.05) is 37.6 Å². The minimum Gasteiger partial charge on any atom is -0.399 e. The zero-order valence-corrected chi connectivity index (χ0v) is 10.8. The first-order chi connectivity index (χ1) is 8.74. The van der Waals surface area contributed by atoms with E-state index >= 15 is 0 Å². The van der Waals surface area contributed by atoms with Crippen LogP contribution in [0.5, 0.6) is 0 Å². The topological polar surface area (TPSA) is 56.3 Å². The van der Waals surface area contributed by atoms with Crippen LogP contribution >= 0.6 is 0 Å². The number of nitrogen functional groups attached to an aromatic ring is 1. The highest BCUT2D eigenvalue weighted by Gasteiger charge is 2.22. The van der Waals surface area contributed by atoms with Gasteiger partial charge >= 0.3 is 0 Å². The van der Waals surface area contributed by atoms with Crippen molar-refractivity contribution in [2.24, 2.45) is 0 Å². The van der Waals surface area contributed by atoms with Gasteiger partial charge in [0.05, 0.1) is 12.1 Å². The molecule has 18 heavy (non-hydrogen) atoms. The lowest BCUT2D eigenvalue weighted by atomic mass is 10.1. The van der Waals surface area contributed by atoms with Crippen molar-refractivity contribution in [3.63, 3.8) is 0 Å². The molecule has 1 aliphatic rings. The molecule has 4 nitrogen and oxygen atoms in total. The van der Waals surface area contributed by atoms with Crippen molar-refractivity contribution in [2.75, 3.05) is 36.8 Å². The van der Waals surface area contributed by atoms with Crippen LogP contribution in [0.1, 0.15) is 13.3 Å². The molecule has 1 saturated heterocycles. The molecular formula is C14H20N4. The number of nitriles is 1. The molecule has 1 unspecified atom stereocenters. The molecule has 4 heteroatoms. The maximum absolute atomic E-state index is 9.08. The van der Waals surface area contributed by atoms with Gasteiger partial charge in [0.1, 0.15) is 0 Å². The standard InChI is InChI=1S/C14H20N4/c1-2-13(11-15)17-6-8-18(9-7-17)14-5-3-4-12(16)10-14/h3-5,10,13H,2,6-9,16H2,1H3. The summed E-state index contributed by atoms with van der Waals surface area (Å²) in [7, 11) is 0. The van der Waals surface area contributed by atoms with Gasteiger partial charge in [-0.3, -0.25) is 4.90 Å². The van der Waals surface area contributed by atoms with Gasteiger partial charge in [-0.25, -0.2) is 0 Å². The fraction of sp³-hybridized carbons (Fsp3) is 0.500. The maximum Gasteiger partial charge on any atom is 0.0976 e. The van der Waals surface area contributed by atoms with Crippen molar-refractivity contribution < 1.29 is 0 Å². The van der Waals surface area contributed by atoms with E-state index in [2.05, 4.69) is 28.9 Å². The SMILES string of the molecule is CCC(C#N)N1CCN(c2cccc(N)c2)CC1. The van der Waals surface area contributed by atoms with Gasteiger partial charge in [-0.1, -0.05) is 13.0 Å². The molecule has 1 aliphatic heterocycles. The van der Waals surface area contributed by atoms with Crippen LogP contribution in [0.25, 0.3) is 0 Å². The molecule has 0 radical (unpaired) electrons. The van der Waals surface area contributed by atoms with Gasteiger partial charge in [-0.05, 0) is 24.6 Å². The third-order valence-corrected chi connectivity index (χ3v) is 3.53. The smallest absolute Gasteiger partial charge is 0.0976 e. The Hall–Kier alpha value is -1.73. The Morgan fingerprint density at radius 3 is 2.61 bits per heavy atom. The van der Waals surface area contributed by atoms with E-state index in [0.29, 0.717) is 0 Å². The van der Waals surface area contributed by atoms with E-state index in [1.54, 1.807) is 0 Å². The van der Waals surface area contributed by atoms with E-state index in [1.165, 1.54) is 5.69 Å². The minimum atomic E-state index is 0.0630. The van der Waals surface area contributed by atoms with Crippen LogP contribution in [0.2, 0.25) is 0 Å². The summed E-state index contributed by atoms with van der Waals surface area (Å²) in [6.07, 6.45) is 0.898. The van der Waals surface area contributed by atoms with Gasteiger partial charge in [0.2, 0.25) is 0 Å². The Bertz CT molecular complexity index is 430. The summed E-state index contributed by atoms with van der Waals surface area (Å²) in [6, 6.07) is 10.4. The van der Waals surface area contributed by atoms with Gasteiger partial charge in [-0.15, -0.1) is 0 Å². The number of nitrogens with two attached hydrogens (primary N) is 1. The number of rotatable bonds is 3. The summed E-state index contributed by atoms with van der Waals surface area (Å²) < 4.78 is 0. The molecule has 0 aliphatic carbocycles. The van der Waals surface area contributed by atoms with Gasteiger partial charge < -0.3 is 10.6 Å². The van der Waals surface area contributed by atoms with Gasteiger partial charge in [0.25, 0.3) is 0 Å². The van der Waals surface area contributed by atoms with Crippen molar-refractivity contribution in [1.82, 2.24) is 4.90 Å². The average molecular weight is 244 g/mol. The predicted molar refractivity (Wildman–Crippen MR) is 74.3 cm³/mol. The van der Waals surface area contributed by atoms with E-state index in [-0.39, 0.29) is 6.04 Å². The van der Waals surface area contributed by atoms with Crippen molar-refractivity contribution in [2.45, 2.75) is 19.4 Å². The zero-order valence-electron chi connectivity index (χ0n) is 10.8. The van der Waals surface area contributed by atoms with Crippen molar-refractivity contribution in [3.8, 4) is 6.07 Å². The molecule has 0 aromatic heterocycles. The maximum atomic E-state index is 9.08. The molecular weight excluding hydrogens is 224 g/mol. The average Bonchev–Trinajstić information content (AvgIpc) is 2.41. The molecule has 0 amide bonds. The van der Waals surface area contributed by atoms with E-state index in [9.17, 15) is 0 Å². The number of benzene rings is 1. The molecule has 0 saturated carbocycles. The minimum absolute atomic E-state index is 0.0630. The molecule has 1 heterocycles. The first-order valence-electron chi connectivity index (χ1n) is 6.48. The second-order valence-corrected chi connectivity index (χ2v) is 4.67. The van der Waals surface area contributed by atoms with E-state index in [4.69, 9.17) is 11.0 Å². The molecule has 0 bridgehead atoms. The van der Waals surface area contributed by atoms with E-state index < -0.39 is 0 Å². The summed E-state index contributed by atoms with van der Waals surface area (Å²) in [5.74, 6) is 0.